The molecule has 1 aliphatic carbocycles. The summed E-state index contributed by atoms with van der Waals surface area (Å²) in [5, 5.41) is 16.7. The smallest absolute Gasteiger partial charge is 0.173 e. The fourth-order valence-corrected chi connectivity index (χ4v) is 5.63. The number of Topliss-reactive ketones (excluding diaryl/α,β-unsaturated/α-hetero) is 1. The zero-order chi connectivity index (χ0) is 24.4. The molecule has 5 heteroatoms. The number of phenols is 1. The summed E-state index contributed by atoms with van der Waals surface area (Å²) in [5.74, 6) is 2.40. The largest absolute Gasteiger partial charge is 0.508 e. The second-order valence-electron chi connectivity index (χ2n) is 10.3. The van der Waals surface area contributed by atoms with Gasteiger partial charge in [-0.1, -0.05) is 57.2 Å². The van der Waals surface area contributed by atoms with Crippen LogP contribution in [0.25, 0.3) is 0 Å². The number of phenolic OH excluding ortho intramolecular Hbond substituents is 1. The second kappa shape index (κ2) is 10.1. The van der Waals surface area contributed by atoms with Gasteiger partial charge in [-0.25, -0.2) is 4.98 Å². The third kappa shape index (κ3) is 5.19. The highest BCUT2D eigenvalue weighted by molar-refractivity contribution is 6.09. The van der Waals surface area contributed by atoms with E-state index in [0.717, 1.165) is 40.8 Å². The fraction of sp³-hybridized carbons (Fsp3) is 0.400. The average Bonchev–Trinajstić information content (AvgIpc) is 3.01. The number of aromatic nitrogens is 1. The quantitative estimate of drug-likeness (QED) is 0.349. The number of aromatic hydroxyl groups is 1. The Hall–Kier alpha value is -3.34. The Morgan fingerprint density at radius 3 is 2.74 bits per heavy atom. The SMILES string of the molecule is Cc1ccc(O)cc1Nc1ccnc2c1C(=O)Cc1cc(CC[C@H](C)C3CCCCC3)ccc1N2. The number of hydrogen-bond donors (Lipinski definition) is 3. The number of rotatable bonds is 6. The minimum Gasteiger partial charge on any atom is -0.508 e. The van der Waals surface area contributed by atoms with E-state index >= 15 is 0 Å². The molecule has 0 saturated heterocycles. The van der Waals surface area contributed by atoms with Crippen LogP contribution in [0, 0.1) is 18.8 Å². The van der Waals surface area contributed by atoms with Crippen LogP contribution in [-0.4, -0.2) is 15.9 Å². The van der Waals surface area contributed by atoms with Crippen LogP contribution in [0.5, 0.6) is 5.75 Å². The van der Waals surface area contributed by atoms with E-state index in [-0.39, 0.29) is 11.5 Å². The summed E-state index contributed by atoms with van der Waals surface area (Å²) < 4.78 is 0. The van der Waals surface area contributed by atoms with Gasteiger partial charge in [0.25, 0.3) is 0 Å². The summed E-state index contributed by atoms with van der Waals surface area (Å²) in [6.45, 7) is 4.38. The Kier molecular flexibility index (Phi) is 6.76. The zero-order valence-electron chi connectivity index (χ0n) is 20.7. The molecule has 2 aliphatic rings. The number of anilines is 4. The van der Waals surface area contributed by atoms with Crippen molar-refractivity contribution in [1.29, 1.82) is 0 Å². The first-order valence-corrected chi connectivity index (χ1v) is 13.0. The van der Waals surface area contributed by atoms with Gasteiger partial charge in [-0.05, 0) is 66.5 Å². The number of nitrogens with one attached hydrogen (secondary N) is 2. The van der Waals surface area contributed by atoms with Gasteiger partial charge in [0.05, 0.1) is 11.3 Å². The van der Waals surface area contributed by atoms with Crippen LogP contribution in [-0.2, 0) is 12.8 Å². The molecule has 35 heavy (non-hydrogen) atoms. The summed E-state index contributed by atoms with van der Waals surface area (Å²) in [6, 6.07) is 13.5. The van der Waals surface area contributed by atoms with Crippen LogP contribution in [0.3, 0.4) is 0 Å². The highest BCUT2D eigenvalue weighted by atomic mass is 16.3. The van der Waals surface area contributed by atoms with Crippen LogP contribution in [0.4, 0.5) is 22.9 Å². The van der Waals surface area contributed by atoms with Crippen molar-refractivity contribution >= 4 is 28.7 Å². The van der Waals surface area contributed by atoms with Crippen molar-refractivity contribution in [2.75, 3.05) is 10.6 Å². The van der Waals surface area contributed by atoms with Gasteiger partial charge in [0.2, 0.25) is 0 Å². The number of nitrogens with zero attached hydrogens (tertiary/aromatic N) is 1. The number of pyridine rings is 1. The Balaban J connectivity index is 1.34. The maximum Gasteiger partial charge on any atom is 0.173 e. The predicted molar refractivity (Wildman–Crippen MR) is 142 cm³/mol. The van der Waals surface area contributed by atoms with Crippen LogP contribution in [0.1, 0.15) is 72.5 Å². The first kappa shape index (κ1) is 23.4. The van der Waals surface area contributed by atoms with Crippen molar-refractivity contribution in [3.8, 4) is 5.75 Å². The van der Waals surface area contributed by atoms with E-state index in [4.69, 9.17) is 0 Å². The van der Waals surface area contributed by atoms with E-state index in [2.05, 4.69) is 40.7 Å². The molecule has 1 aromatic heterocycles. The molecule has 0 amide bonds. The molecule has 2 heterocycles. The lowest BCUT2D eigenvalue weighted by molar-refractivity contribution is 0.0995. The van der Waals surface area contributed by atoms with E-state index in [1.54, 1.807) is 18.3 Å². The van der Waals surface area contributed by atoms with Crippen molar-refractivity contribution < 1.29 is 9.90 Å². The maximum atomic E-state index is 13.4. The molecule has 0 bridgehead atoms. The Morgan fingerprint density at radius 2 is 1.91 bits per heavy atom. The fourth-order valence-electron chi connectivity index (χ4n) is 5.63. The van der Waals surface area contributed by atoms with Gasteiger partial charge >= 0.3 is 0 Å². The first-order valence-electron chi connectivity index (χ1n) is 13.0. The Labute approximate surface area is 208 Å². The molecular formula is C30H35N3O2. The summed E-state index contributed by atoms with van der Waals surface area (Å²) >= 11 is 0. The first-order chi connectivity index (χ1) is 17.0. The van der Waals surface area contributed by atoms with Crippen LogP contribution in [0.2, 0.25) is 0 Å². The highest BCUT2D eigenvalue weighted by Crippen LogP contribution is 2.36. The van der Waals surface area contributed by atoms with Gasteiger partial charge in [0.1, 0.15) is 11.6 Å². The molecule has 0 unspecified atom stereocenters. The number of carbonyl (C=O) groups is 1. The number of ketones is 1. The number of carbonyl (C=O) groups excluding carboxylic acids is 1. The summed E-state index contributed by atoms with van der Waals surface area (Å²) in [5.41, 5.74) is 6.26. The van der Waals surface area contributed by atoms with Crippen molar-refractivity contribution in [2.24, 2.45) is 11.8 Å². The molecule has 5 nitrogen and oxygen atoms in total. The summed E-state index contributed by atoms with van der Waals surface area (Å²) in [4.78, 5) is 17.9. The van der Waals surface area contributed by atoms with E-state index in [1.165, 1.54) is 44.1 Å². The minimum absolute atomic E-state index is 0.0346. The Morgan fingerprint density at radius 1 is 1.09 bits per heavy atom. The lowest BCUT2D eigenvalue weighted by Crippen LogP contribution is -2.16. The molecule has 5 rings (SSSR count). The predicted octanol–water partition coefficient (Wildman–Crippen LogP) is 7.47. The highest BCUT2D eigenvalue weighted by Gasteiger charge is 2.25. The molecule has 3 aromatic rings. The molecule has 2 aromatic carbocycles. The number of fused-ring (bicyclic) bond motifs is 2. The van der Waals surface area contributed by atoms with Crippen LogP contribution in [0.15, 0.2) is 48.7 Å². The molecule has 3 N–H and O–H groups in total. The lowest BCUT2D eigenvalue weighted by atomic mass is 9.78. The normalized spacial score (nSPS) is 16.6. The van der Waals surface area contributed by atoms with E-state index in [1.807, 2.05) is 19.1 Å². The van der Waals surface area contributed by atoms with E-state index in [0.29, 0.717) is 23.5 Å². The minimum atomic E-state index is 0.0346. The van der Waals surface area contributed by atoms with Gasteiger partial charge in [-0.15, -0.1) is 0 Å². The molecule has 1 atom stereocenters. The maximum absolute atomic E-state index is 13.4. The second-order valence-corrected chi connectivity index (χ2v) is 10.3. The van der Waals surface area contributed by atoms with Crippen LogP contribution < -0.4 is 10.6 Å². The Bertz CT molecular complexity index is 1230. The topological polar surface area (TPSA) is 74.2 Å². The molecule has 0 spiro atoms. The van der Waals surface area contributed by atoms with Crippen molar-refractivity contribution in [3.63, 3.8) is 0 Å². The molecule has 0 radical (unpaired) electrons. The van der Waals surface area contributed by atoms with E-state index in [9.17, 15) is 9.90 Å². The molecule has 1 aliphatic heterocycles. The summed E-state index contributed by atoms with van der Waals surface area (Å²) in [6.07, 6.45) is 11.2. The van der Waals surface area contributed by atoms with Crippen molar-refractivity contribution in [2.45, 2.75) is 65.2 Å². The molecular weight excluding hydrogens is 434 g/mol. The standard InChI is InChI=1S/C30H35N3O2/c1-19(22-6-4-3-5-7-22)8-10-21-11-13-25-23(16-21)17-28(35)29-26(14-15-31-30(29)33-25)32-27-18-24(34)12-9-20(27)2/h9,11-16,18-19,22,34H,3-8,10,17H2,1-2H3,(H2,31,32,33)/t19-/m0/s1. The van der Waals surface area contributed by atoms with Gasteiger partial charge in [0.15, 0.2) is 5.78 Å². The third-order valence-corrected chi connectivity index (χ3v) is 7.84. The van der Waals surface area contributed by atoms with E-state index < -0.39 is 0 Å². The molecule has 1 saturated carbocycles. The summed E-state index contributed by atoms with van der Waals surface area (Å²) in [7, 11) is 0. The van der Waals surface area contributed by atoms with Crippen molar-refractivity contribution in [3.05, 3.63) is 70.9 Å². The van der Waals surface area contributed by atoms with Crippen molar-refractivity contribution in [1.82, 2.24) is 4.98 Å². The monoisotopic (exact) mass is 469 g/mol. The number of benzene rings is 2. The van der Waals surface area contributed by atoms with Gasteiger partial charge in [-0.2, -0.15) is 0 Å². The van der Waals surface area contributed by atoms with Gasteiger partial charge in [-0.3, -0.25) is 4.79 Å². The van der Waals surface area contributed by atoms with Gasteiger partial charge in [0, 0.05) is 30.1 Å². The third-order valence-electron chi connectivity index (χ3n) is 7.84. The number of hydrogen-bond acceptors (Lipinski definition) is 5. The zero-order valence-corrected chi connectivity index (χ0v) is 20.7. The van der Waals surface area contributed by atoms with Gasteiger partial charge < -0.3 is 15.7 Å². The number of aryl methyl sites for hydroxylation is 2. The lowest BCUT2D eigenvalue weighted by Gasteiger charge is -2.27. The van der Waals surface area contributed by atoms with Crippen LogP contribution >= 0.6 is 0 Å². The molecule has 182 valence electrons. The average molecular weight is 470 g/mol. The molecule has 1 fully saturated rings.